The Kier molecular flexibility index (Phi) is 2.49. The van der Waals surface area contributed by atoms with Gasteiger partial charge in [-0.1, -0.05) is 6.42 Å². The van der Waals surface area contributed by atoms with Gasteiger partial charge in [-0.15, -0.1) is 0 Å². The largest absolute Gasteiger partial charge is 0.299 e. The van der Waals surface area contributed by atoms with Gasteiger partial charge in [-0.05, 0) is 48.4 Å². The summed E-state index contributed by atoms with van der Waals surface area (Å²) in [4.78, 5) is 12.0. The Hall–Kier alpha value is -1.25. The van der Waals surface area contributed by atoms with E-state index in [-0.39, 0.29) is 23.7 Å². The number of benzene rings is 1. The summed E-state index contributed by atoms with van der Waals surface area (Å²) in [6, 6.07) is 3.30. The lowest BCUT2D eigenvalue weighted by Crippen LogP contribution is -2.10. The molecule has 2 fully saturated rings. The fraction of sp³-hybridized carbons (Fsp3) is 0.500. The van der Waals surface area contributed by atoms with E-state index in [1.807, 2.05) is 0 Å². The molecule has 1 aromatic rings. The molecule has 0 heterocycles. The molecule has 0 amide bonds. The Labute approximate surface area is 98.8 Å². The van der Waals surface area contributed by atoms with Crippen LogP contribution in [0.25, 0.3) is 0 Å². The van der Waals surface area contributed by atoms with Gasteiger partial charge in [-0.3, -0.25) is 4.79 Å². The van der Waals surface area contributed by atoms with E-state index in [4.69, 9.17) is 0 Å². The lowest BCUT2D eigenvalue weighted by molar-refractivity contribution is -0.120. The normalized spacial score (nSPS) is 30.1. The summed E-state index contributed by atoms with van der Waals surface area (Å²) < 4.78 is 26.4. The molecule has 0 aromatic heterocycles. The second kappa shape index (κ2) is 3.90. The Bertz CT molecular complexity index is 459. The van der Waals surface area contributed by atoms with Crippen molar-refractivity contribution in [2.24, 2.45) is 17.8 Å². The zero-order chi connectivity index (χ0) is 12.0. The van der Waals surface area contributed by atoms with Crippen molar-refractivity contribution < 1.29 is 13.6 Å². The van der Waals surface area contributed by atoms with Gasteiger partial charge in [0, 0.05) is 12.3 Å². The third-order valence-corrected chi connectivity index (χ3v) is 4.15. The minimum absolute atomic E-state index is 0.0429. The number of hydrogen-bond acceptors (Lipinski definition) is 1. The number of carbonyl (C=O) groups excluding carboxylic acids is 1. The van der Waals surface area contributed by atoms with Crippen molar-refractivity contribution in [1.82, 2.24) is 0 Å². The van der Waals surface area contributed by atoms with Crippen LogP contribution < -0.4 is 0 Å². The Balaban J connectivity index is 1.71. The molecule has 1 nitrogen and oxygen atoms in total. The fourth-order valence-electron chi connectivity index (χ4n) is 3.28. The number of ketones is 1. The van der Waals surface area contributed by atoms with Crippen LogP contribution in [0, 0.1) is 29.4 Å². The monoisotopic (exact) mass is 236 g/mol. The van der Waals surface area contributed by atoms with E-state index < -0.39 is 11.6 Å². The highest BCUT2D eigenvalue weighted by Crippen LogP contribution is 2.58. The topological polar surface area (TPSA) is 17.1 Å². The number of hydrogen-bond donors (Lipinski definition) is 0. The third kappa shape index (κ3) is 1.88. The van der Waals surface area contributed by atoms with Crippen LogP contribution in [-0.2, 0) is 11.2 Å². The Morgan fingerprint density at radius 3 is 2.65 bits per heavy atom. The van der Waals surface area contributed by atoms with Crippen molar-refractivity contribution in [2.45, 2.75) is 25.7 Å². The molecule has 1 aromatic carbocycles. The minimum Gasteiger partial charge on any atom is -0.299 e. The summed E-state index contributed by atoms with van der Waals surface area (Å²) in [5, 5.41) is 0. The number of halogens is 2. The molecule has 17 heavy (non-hydrogen) atoms. The molecule has 2 aliphatic rings. The molecule has 3 heteroatoms. The summed E-state index contributed by atoms with van der Waals surface area (Å²) >= 11 is 0. The average Bonchev–Trinajstić information content (AvgIpc) is 2.78. The van der Waals surface area contributed by atoms with Crippen LogP contribution in [0.4, 0.5) is 8.78 Å². The van der Waals surface area contributed by atoms with E-state index in [0.717, 1.165) is 31.0 Å². The van der Waals surface area contributed by atoms with Gasteiger partial charge in [0.2, 0.25) is 0 Å². The molecular formula is C14H14F2O. The van der Waals surface area contributed by atoms with Crippen LogP contribution in [0.5, 0.6) is 0 Å². The minimum atomic E-state index is -0.481. The summed E-state index contributed by atoms with van der Waals surface area (Å²) in [5.74, 6) is 0.338. The molecule has 0 N–H and O–H groups in total. The van der Waals surface area contributed by atoms with E-state index >= 15 is 0 Å². The first kappa shape index (κ1) is 10.9. The standard InChI is InChI=1S/C14H14F2O/c15-9-4-5-12(16)8(6-9)7-13(17)14-10-2-1-3-11(10)14/h4-6,10-11,14H,1-3,7H2. The van der Waals surface area contributed by atoms with E-state index in [2.05, 4.69) is 0 Å². The van der Waals surface area contributed by atoms with Crippen molar-refractivity contribution in [3.05, 3.63) is 35.4 Å². The van der Waals surface area contributed by atoms with E-state index in [1.54, 1.807) is 0 Å². The van der Waals surface area contributed by atoms with Crippen molar-refractivity contribution in [1.29, 1.82) is 0 Å². The molecule has 2 unspecified atom stereocenters. The predicted octanol–water partition coefficient (Wildman–Crippen LogP) is 3.12. The molecule has 0 bridgehead atoms. The maximum atomic E-state index is 13.4. The van der Waals surface area contributed by atoms with Crippen molar-refractivity contribution in [3.8, 4) is 0 Å². The maximum Gasteiger partial charge on any atom is 0.141 e. The van der Waals surface area contributed by atoms with Gasteiger partial charge >= 0.3 is 0 Å². The van der Waals surface area contributed by atoms with Gasteiger partial charge in [-0.2, -0.15) is 0 Å². The van der Waals surface area contributed by atoms with Crippen LogP contribution in [0.15, 0.2) is 18.2 Å². The molecule has 3 rings (SSSR count). The van der Waals surface area contributed by atoms with Gasteiger partial charge in [0.1, 0.15) is 17.4 Å². The fourth-order valence-corrected chi connectivity index (χ4v) is 3.28. The number of carbonyl (C=O) groups is 1. The van der Waals surface area contributed by atoms with Crippen LogP contribution in [0.1, 0.15) is 24.8 Å². The first-order chi connectivity index (χ1) is 8.16. The van der Waals surface area contributed by atoms with Crippen LogP contribution in [0.3, 0.4) is 0 Å². The van der Waals surface area contributed by atoms with Crippen LogP contribution in [0.2, 0.25) is 0 Å². The molecule has 2 aliphatic carbocycles. The molecule has 0 radical (unpaired) electrons. The van der Waals surface area contributed by atoms with Crippen LogP contribution in [-0.4, -0.2) is 5.78 Å². The van der Waals surface area contributed by atoms with Gasteiger partial charge in [0.25, 0.3) is 0 Å². The number of Topliss-reactive ketones (excluding diaryl/α,β-unsaturated/α-hetero) is 1. The zero-order valence-electron chi connectivity index (χ0n) is 9.46. The molecular weight excluding hydrogens is 222 g/mol. The van der Waals surface area contributed by atoms with Gasteiger partial charge in [0.05, 0.1) is 0 Å². The summed E-state index contributed by atoms with van der Waals surface area (Å²) in [5.41, 5.74) is 0.194. The quantitative estimate of drug-likeness (QED) is 0.788. The molecule has 0 saturated heterocycles. The highest BCUT2D eigenvalue weighted by Gasteiger charge is 2.55. The van der Waals surface area contributed by atoms with Crippen molar-refractivity contribution >= 4 is 5.78 Å². The highest BCUT2D eigenvalue weighted by molar-refractivity contribution is 5.86. The van der Waals surface area contributed by atoms with Crippen molar-refractivity contribution in [3.63, 3.8) is 0 Å². The first-order valence-corrected chi connectivity index (χ1v) is 6.13. The van der Waals surface area contributed by atoms with E-state index in [0.29, 0.717) is 11.8 Å². The maximum absolute atomic E-state index is 13.4. The molecule has 2 saturated carbocycles. The second-order valence-electron chi connectivity index (χ2n) is 5.16. The molecule has 0 spiro atoms. The Morgan fingerprint density at radius 1 is 1.24 bits per heavy atom. The SMILES string of the molecule is O=C(Cc1cc(F)ccc1F)C1C2CCCC21. The summed E-state index contributed by atoms with van der Waals surface area (Å²) in [6.45, 7) is 0. The summed E-state index contributed by atoms with van der Waals surface area (Å²) in [6.07, 6.45) is 3.52. The molecule has 0 aliphatic heterocycles. The van der Waals surface area contributed by atoms with Crippen LogP contribution >= 0.6 is 0 Å². The Morgan fingerprint density at radius 2 is 1.94 bits per heavy atom. The third-order valence-electron chi connectivity index (χ3n) is 4.15. The highest BCUT2D eigenvalue weighted by atomic mass is 19.1. The second-order valence-corrected chi connectivity index (χ2v) is 5.16. The zero-order valence-corrected chi connectivity index (χ0v) is 9.46. The van der Waals surface area contributed by atoms with Crippen molar-refractivity contribution in [2.75, 3.05) is 0 Å². The first-order valence-electron chi connectivity index (χ1n) is 6.13. The average molecular weight is 236 g/mol. The van der Waals surface area contributed by atoms with Gasteiger partial charge in [-0.25, -0.2) is 8.78 Å². The number of rotatable bonds is 3. The lowest BCUT2D eigenvalue weighted by atomic mass is 10.0. The number of fused-ring (bicyclic) bond motifs is 1. The van der Waals surface area contributed by atoms with E-state index in [9.17, 15) is 13.6 Å². The summed E-state index contributed by atoms with van der Waals surface area (Å²) in [7, 11) is 0. The lowest BCUT2D eigenvalue weighted by Gasteiger charge is -2.04. The predicted molar refractivity (Wildman–Crippen MR) is 59.4 cm³/mol. The smallest absolute Gasteiger partial charge is 0.141 e. The van der Waals surface area contributed by atoms with E-state index in [1.165, 1.54) is 6.42 Å². The molecule has 90 valence electrons. The van der Waals surface area contributed by atoms with Gasteiger partial charge in [0.15, 0.2) is 0 Å². The van der Waals surface area contributed by atoms with Gasteiger partial charge < -0.3 is 0 Å². The molecule has 2 atom stereocenters.